The molecule has 2 atom stereocenters. The zero-order valence-corrected chi connectivity index (χ0v) is 9.05. The van der Waals surface area contributed by atoms with Gasteiger partial charge in [-0.15, -0.1) is 0 Å². The van der Waals surface area contributed by atoms with Gasteiger partial charge in [-0.25, -0.2) is 0 Å². The van der Waals surface area contributed by atoms with Crippen LogP contribution in [0.5, 0.6) is 0 Å². The average molecular weight is 173 g/mol. The molecule has 0 rings (SSSR count). The quantitative estimate of drug-likeness (QED) is 0.662. The predicted octanol–water partition coefficient (Wildman–Crippen LogP) is 1.90. The highest BCUT2D eigenvalue weighted by Gasteiger charge is 2.08. The van der Waals surface area contributed by atoms with Crippen molar-refractivity contribution in [3.8, 4) is 0 Å². The first-order valence-electron chi connectivity index (χ1n) is 4.80. The summed E-state index contributed by atoms with van der Waals surface area (Å²) in [7, 11) is 1.74. The highest BCUT2D eigenvalue weighted by atomic mass is 16.5. The Bertz CT molecular complexity index is 104. The Morgan fingerprint density at radius 3 is 2.17 bits per heavy atom. The van der Waals surface area contributed by atoms with Crippen molar-refractivity contribution in [3.63, 3.8) is 0 Å². The zero-order valence-electron chi connectivity index (χ0n) is 9.05. The van der Waals surface area contributed by atoms with E-state index < -0.39 is 0 Å². The van der Waals surface area contributed by atoms with E-state index in [2.05, 4.69) is 33.0 Å². The third kappa shape index (κ3) is 5.56. The summed E-state index contributed by atoms with van der Waals surface area (Å²) >= 11 is 0. The molecule has 0 aliphatic rings. The van der Waals surface area contributed by atoms with E-state index in [-0.39, 0.29) is 0 Å². The molecule has 0 fully saturated rings. The van der Waals surface area contributed by atoms with Crippen LogP contribution in [0, 0.1) is 11.8 Å². The van der Waals surface area contributed by atoms with Crippen LogP contribution in [0.4, 0.5) is 0 Å². The molecule has 2 unspecified atom stereocenters. The molecule has 0 aromatic heterocycles. The van der Waals surface area contributed by atoms with Gasteiger partial charge in [0.15, 0.2) is 0 Å². The lowest BCUT2D eigenvalue weighted by molar-refractivity contribution is 0.168. The van der Waals surface area contributed by atoms with Crippen molar-refractivity contribution in [3.05, 3.63) is 0 Å². The lowest BCUT2D eigenvalue weighted by Crippen LogP contribution is -2.34. The summed E-state index contributed by atoms with van der Waals surface area (Å²) in [5, 5.41) is 3.44. The van der Waals surface area contributed by atoms with Gasteiger partial charge in [0.05, 0.1) is 6.61 Å². The normalized spacial score (nSPS) is 16.5. The Morgan fingerprint density at radius 2 is 1.75 bits per heavy atom. The standard InChI is InChI=1S/C10H23NO/c1-8(2)9(3)6-11-10(4)7-12-5/h8-11H,6-7H2,1-5H3. The SMILES string of the molecule is COCC(C)NCC(C)C(C)C. The van der Waals surface area contributed by atoms with Crippen molar-refractivity contribution >= 4 is 0 Å². The van der Waals surface area contributed by atoms with Crippen LogP contribution in [0.15, 0.2) is 0 Å². The summed E-state index contributed by atoms with van der Waals surface area (Å²) in [6.07, 6.45) is 0. The summed E-state index contributed by atoms with van der Waals surface area (Å²) in [6.45, 7) is 10.8. The first kappa shape index (κ1) is 11.9. The van der Waals surface area contributed by atoms with Crippen LogP contribution >= 0.6 is 0 Å². The Labute approximate surface area is 76.7 Å². The maximum absolute atomic E-state index is 5.03. The Morgan fingerprint density at radius 1 is 1.17 bits per heavy atom. The van der Waals surface area contributed by atoms with Gasteiger partial charge in [0, 0.05) is 13.2 Å². The molecule has 1 N–H and O–H groups in total. The minimum Gasteiger partial charge on any atom is -0.383 e. The molecule has 0 aromatic carbocycles. The molecule has 0 aromatic rings. The second kappa shape index (κ2) is 6.44. The molecule has 0 bridgehead atoms. The molecular weight excluding hydrogens is 150 g/mol. The number of nitrogens with one attached hydrogen (secondary N) is 1. The predicted molar refractivity (Wildman–Crippen MR) is 53.3 cm³/mol. The lowest BCUT2D eigenvalue weighted by atomic mass is 9.98. The number of hydrogen-bond donors (Lipinski definition) is 1. The van der Waals surface area contributed by atoms with Gasteiger partial charge >= 0.3 is 0 Å². The molecular formula is C10H23NO. The van der Waals surface area contributed by atoms with Crippen LogP contribution < -0.4 is 5.32 Å². The van der Waals surface area contributed by atoms with E-state index in [4.69, 9.17) is 4.74 Å². The fourth-order valence-electron chi connectivity index (χ4n) is 0.932. The fourth-order valence-corrected chi connectivity index (χ4v) is 0.932. The van der Waals surface area contributed by atoms with Crippen LogP contribution in [0.3, 0.4) is 0 Å². The van der Waals surface area contributed by atoms with Crippen LogP contribution in [0.2, 0.25) is 0 Å². The van der Waals surface area contributed by atoms with Gasteiger partial charge in [-0.2, -0.15) is 0 Å². The molecule has 0 heterocycles. The topological polar surface area (TPSA) is 21.3 Å². The van der Waals surface area contributed by atoms with E-state index >= 15 is 0 Å². The smallest absolute Gasteiger partial charge is 0.0613 e. The molecule has 74 valence electrons. The largest absolute Gasteiger partial charge is 0.383 e. The van der Waals surface area contributed by atoms with E-state index in [0.717, 1.165) is 25.0 Å². The summed E-state index contributed by atoms with van der Waals surface area (Å²) in [4.78, 5) is 0. The molecule has 0 spiro atoms. The number of hydrogen-bond acceptors (Lipinski definition) is 2. The summed E-state index contributed by atoms with van der Waals surface area (Å²) < 4.78 is 5.03. The zero-order chi connectivity index (χ0) is 9.56. The van der Waals surface area contributed by atoms with Crippen LogP contribution in [0.1, 0.15) is 27.7 Å². The third-order valence-electron chi connectivity index (χ3n) is 2.34. The maximum atomic E-state index is 5.03. The molecule has 0 aliphatic heterocycles. The summed E-state index contributed by atoms with van der Waals surface area (Å²) in [6, 6.07) is 0.469. The monoisotopic (exact) mass is 173 g/mol. The van der Waals surface area contributed by atoms with Gasteiger partial charge in [0.2, 0.25) is 0 Å². The van der Waals surface area contributed by atoms with Crippen molar-refractivity contribution in [1.29, 1.82) is 0 Å². The first-order chi connectivity index (χ1) is 5.57. The third-order valence-corrected chi connectivity index (χ3v) is 2.34. The molecule has 0 saturated heterocycles. The molecule has 0 radical (unpaired) electrons. The summed E-state index contributed by atoms with van der Waals surface area (Å²) in [5.74, 6) is 1.50. The van der Waals surface area contributed by atoms with E-state index in [0.29, 0.717) is 6.04 Å². The van der Waals surface area contributed by atoms with E-state index in [9.17, 15) is 0 Å². The fraction of sp³-hybridized carbons (Fsp3) is 1.00. The van der Waals surface area contributed by atoms with Gasteiger partial charge in [-0.1, -0.05) is 20.8 Å². The maximum Gasteiger partial charge on any atom is 0.0613 e. The van der Waals surface area contributed by atoms with E-state index in [1.165, 1.54) is 0 Å². The van der Waals surface area contributed by atoms with Crippen molar-refractivity contribution in [2.75, 3.05) is 20.3 Å². The minimum absolute atomic E-state index is 0.469. The van der Waals surface area contributed by atoms with Gasteiger partial charge in [0.25, 0.3) is 0 Å². The number of ether oxygens (including phenoxy) is 1. The Kier molecular flexibility index (Phi) is 6.39. The van der Waals surface area contributed by atoms with Crippen LogP contribution in [-0.4, -0.2) is 26.3 Å². The summed E-state index contributed by atoms with van der Waals surface area (Å²) in [5.41, 5.74) is 0. The first-order valence-corrected chi connectivity index (χ1v) is 4.80. The van der Waals surface area contributed by atoms with Gasteiger partial charge in [-0.05, 0) is 25.3 Å². The van der Waals surface area contributed by atoms with Gasteiger partial charge < -0.3 is 10.1 Å². The second-order valence-electron chi connectivity index (χ2n) is 3.99. The van der Waals surface area contributed by atoms with Crippen molar-refractivity contribution in [2.45, 2.75) is 33.7 Å². The lowest BCUT2D eigenvalue weighted by Gasteiger charge is -2.19. The molecule has 0 amide bonds. The van der Waals surface area contributed by atoms with Crippen LogP contribution in [-0.2, 0) is 4.74 Å². The van der Waals surface area contributed by atoms with E-state index in [1.54, 1.807) is 7.11 Å². The molecule has 0 saturated carbocycles. The van der Waals surface area contributed by atoms with Crippen molar-refractivity contribution < 1.29 is 4.74 Å². The van der Waals surface area contributed by atoms with Gasteiger partial charge in [-0.3, -0.25) is 0 Å². The molecule has 2 heteroatoms. The molecule has 12 heavy (non-hydrogen) atoms. The Hall–Kier alpha value is -0.0800. The highest BCUT2D eigenvalue weighted by Crippen LogP contribution is 2.07. The highest BCUT2D eigenvalue weighted by molar-refractivity contribution is 4.64. The average Bonchev–Trinajstić information content (AvgIpc) is 2.00. The molecule has 0 aliphatic carbocycles. The van der Waals surface area contributed by atoms with Crippen molar-refractivity contribution in [1.82, 2.24) is 5.32 Å². The van der Waals surface area contributed by atoms with Gasteiger partial charge in [0.1, 0.15) is 0 Å². The van der Waals surface area contributed by atoms with E-state index in [1.807, 2.05) is 0 Å². The van der Waals surface area contributed by atoms with Crippen LogP contribution in [0.25, 0.3) is 0 Å². The minimum atomic E-state index is 0.469. The molecule has 2 nitrogen and oxygen atoms in total. The van der Waals surface area contributed by atoms with Crippen molar-refractivity contribution in [2.24, 2.45) is 11.8 Å². The number of rotatable bonds is 6. The Balaban J connectivity index is 3.40. The second-order valence-corrected chi connectivity index (χ2v) is 3.99. The number of methoxy groups -OCH3 is 1.